The maximum absolute atomic E-state index is 12.4. The minimum Gasteiger partial charge on any atom is -0.484 e. The monoisotopic (exact) mass is 405 g/mol. The number of halogens is 1. The summed E-state index contributed by atoms with van der Waals surface area (Å²) < 4.78 is 5.50. The van der Waals surface area contributed by atoms with Crippen molar-refractivity contribution < 1.29 is 14.5 Å². The number of hydrogen-bond donors (Lipinski definition) is 0. The van der Waals surface area contributed by atoms with Crippen LogP contribution in [0.4, 0.5) is 5.69 Å². The fourth-order valence-electron chi connectivity index (χ4n) is 2.44. The Morgan fingerprint density at radius 1 is 1.30 bits per heavy atom. The number of benzene rings is 2. The fraction of sp³-hybridized carbons (Fsp3) is 0.222. The second-order valence-electron chi connectivity index (χ2n) is 5.67. The van der Waals surface area contributed by atoms with Crippen LogP contribution in [0.3, 0.4) is 0 Å². The number of nitrogens with zero attached hydrogens (tertiary/aromatic N) is 3. The van der Waals surface area contributed by atoms with E-state index in [1.165, 1.54) is 23.9 Å². The van der Waals surface area contributed by atoms with Gasteiger partial charge in [0.05, 0.1) is 11.5 Å². The molecule has 140 valence electrons. The van der Waals surface area contributed by atoms with E-state index in [1.807, 2.05) is 6.07 Å². The zero-order valence-corrected chi connectivity index (χ0v) is 15.8. The number of thioether (sulfide) groups is 1. The number of carbonyl (C=O) groups is 1. The van der Waals surface area contributed by atoms with Crippen molar-refractivity contribution in [2.24, 2.45) is 4.99 Å². The van der Waals surface area contributed by atoms with Gasteiger partial charge in [-0.25, -0.2) is 0 Å². The second-order valence-corrected chi connectivity index (χ2v) is 7.05. The van der Waals surface area contributed by atoms with Crippen LogP contribution in [0, 0.1) is 10.1 Å². The van der Waals surface area contributed by atoms with E-state index in [9.17, 15) is 14.9 Å². The standard InChI is InChI=1S/C18H16ClN3O4S/c19-14-4-6-16(7-5-14)26-11-17(23)21-9-8-20-18(21)27-12-13-2-1-3-15(10-13)22(24)25/h1-7,10H,8-9,11-12H2. The van der Waals surface area contributed by atoms with Gasteiger partial charge < -0.3 is 4.74 Å². The predicted molar refractivity (Wildman–Crippen MR) is 105 cm³/mol. The van der Waals surface area contributed by atoms with Crippen molar-refractivity contribution in [3.8, 4) is 5.75 Å². The fourth-order valence-corrected chi connectivity index (χ4v) is 3.58. The van der Waals surface area contributed by atoms with Gasteiger partial charge in [-0.15, -0.1) is 0 Å². The summed E-state index contributed by atoms with van der Waals surface area (Å²) in [6.45, 7) is 0.933. The van der Waals surface area contributed by atoms with Gasteiger partial charge in [-0.2, -0.15) is 0 Å². The number of nitro groups is 1. The zero-order valence-electron chi connectivity index (χ0n) is 14.2. The summed E-state index contributed by atoms with van der Waals surface area (Å²) in [7, 11) is 0. The number of amides is 1. The van der Waals surface area contributed by atoms with Gasteiger partial charge in [0.25, 0.3) is 11.6 Å². The molecule has 1 heterocycles. The molecule has 0 spiro atoms. The number of nitro benzene ring substituents is 1. The van der Waals surface area contributed by atoms with Crippen LogP contribution in [0.15, 0.2) is 53.5 Å². The summed E-state index contributed by atoms with van der Waals surface area (Å²) in [5, 5.41) is 12.1. The van der Waals surface area contributed by atoms with Gasteiger partial charge in [0.15, 0.2) is 11.8 Å². The molecule has 0 aromatic heterocycles. The SMILES string of the molecule is O=C(COc1ccc(Cl)cc1)N1CCN=C1SCc1cccc([N+](=O)[O-])c1. The van der Waals surface area contributed by atoms with E-state index in [0.717, 1.165) is 5.56 Å². The average Bonchev–Trinajstić information content (AvgIpc) is 3.14. The van der Waals surface area contributed by atoms with E-state index in [0.29, 0.717) is 34.8 Å². The predicted octanol–water partition coefficient (Wildman–Crippen LogP) is 3.76. The molecular weight excluding hydrogens is 390 g/mol. The second kappa shape index (κ2) is 8.88. The largest absolute Gasteiger partial charge is 0.484 e. The summed E-state index contributed by atoms with van der Waals surface area (Å²) >= 11 is 7.20. The molecule has 0 unspecified atom stereocenters. The summed E-state index contributed by atoms with van der Waals surface area (Å²) in [5.74, 6) is 0.866. The lowest BCUT2D eigenvalue weighted by Gasteiger charge is -2.18. The normalized spacial score (nSPS) is 13.4. The van der Waals surface area contributed by atoms with Crippen LogP contribution in [0.5, 0.6) is 5.75 Å². The number of hydrogen-bond acceptors (Lipinski definition) is 6. The lowest BCUT2D eigenvalue weighted by molar-refractivity contribution is -0.384. The Balaban J connectivity index is 1.55. The number of non-ortho nitro benzene ring substituents is 1. The van der Waals surface area contributed by atoms with Crippen molar-refractivity contribution in [2.75, 3.05) is 19.7 Å². The van der Waals surface area contributed by atoms with Crippen molar-refractivity contribution in [1.82, 2.24) is 4.90 Å². The molecule has 0 radical (unpaired) electrons. The molecule has 0 bridgehead atoms. The Kier molecular flexibility index (Phi) is 6.31. The lowest BCUT2D eigenvalue weighted by Crippen LogP contribution is -2.36. The molecule has 27 heavy (non-hydrogen) atoms. The Bertz CT molecular complexity index is 873. The van der Waals surface area contributed by atoms with Crippen molar-refractivity contribution >= 4 is 40.1 Å². The van der Waals surface area contributed by atoms with Gasteiger partial charge in [-0.1, -0.05) is 35.5 Å². The van der Waals surface area contributed by atoms with Crippen LogP contribution in [0.25, 0.3) is 0 Å². The van der Waals surface area contributed by atoms with Crippen molar-refractivity contribution in [3.63, 3.8) is 0 Å². The number of aliphatic imine (C=N–C) groups is 1. The maximum Gasteiger partial charge on any atom is 0.269 e. The van der Waals surface area contributed by atoms with E-state index in [-0.39, 0.29) is 18.2 Å². The third-order valence-electron chi connectivity index (χ3n) is 3.77. The van der Waals surface area contributed by atoms with Gasteiger partial charge in [-0.3, -0.25) is 24.8 Å². The van der Waals surface area contributed by atoms with Crippen LogP contribution >= 0.6 is 23.4 Å². The van der Waals surface area contributed by atoms with Crippen LogP contribution in [0.1, 0.15) is 5.56 Å². The van der Waals surface area contributed by atoms with Crippen molar-refractivity contribution in [1.29, 1.82) is 0 Å². The van der Waals surface area contributed by atoms with Crippen LogP contribution in [0.2, 0.25) is 5.02 Å². The zero-order chi connectivity index (χ0) is 19.2. The van der Waals surface area contributed by atoms with E-state index >= 15 is 0 Å². The van der Waals surface area contributed by atoms with Crippen molar-refractivity contribution in [2.45, 2.75) is 5.75 Å². The molecule has 1 aliphatic heterocycles. The summed E-state index contributed by atoms with van der Waals surface area (Å²) in [6, 6.07) is 13.2. The molecule has 0 N–H and O–H groups in total. The molecule has 3 rings (SSSR count). The molecule has 0 aliphatic carbocycles. The molecule has 2 aromatic rings. The molecule has 2 aromatic carbocycles. The Morgan fingerprint density at radius 3 is 2.81 bits per heavy atom. The summed E-state index contributed by atoms with van der Waals surface area (Å²) in [6.07, 6.45) is 0. The van der Waals surface area contributed by atoms with E-state index < -0.39 is 4.92 Å². The highest BCUT2D eigenvalue weighted by molar-refractivity contribution is 8.13. The summed E-state index contributed by atoms with van der Waals surface area (Å²) in [5.41, 5.74) is 0.847. The van der Waals surface area contributed by atoms with Gasteiger partial charge in [0.2, 0.25) is 0 Å². The van der Waals surface area contributed by atoms with Crippen molar-refractivity contribution in [3.05, 3.63) is 69.2 Å². The van der Waals surface area contributed by atoms with Crippen LogP contribution in [-0.4, -0.2) is 40.6 Å². The first-order valence-corrected chi connectivity index (χ1v) is 9.48. The highest BCUT2D eigenvalue weighted by atomic mass is 35.5. The third-order valence-corrected chi connectivity index (χ3v) is 5.11. The Hall–Kier alpha value is -2.58. The first kappa shape index (κ1) is 19.2. The number of amidine groups is 1. The molecule has 0 saturated heterocycles. The van der Waals surface area contributed by atoms with Gasteiger partial charge in [0.1, 0.15) is 5.75 Å². The van der Waals surface area contributed by atoms with Gasteiger partial charge in [-0.05, 0) is 29.8 Å². The third kappa shape index (κ3) is 5.21. The Labute approximate surface area is 165 Å². The minimum absolute atomic E-state index is 0.0470. The number of ether oxygens (including phenoxy) is 1. The van der Waals surface area contributed by atoms with Gasteiger partial charge >= 0.3 is 0 Å². The van der Waals surface area contributed by atoms with E-state index in [2.05, 4.69) is 4.99 Å². The topological polar surface area (TPSA) is 85.0 Å². The molecular formula is C18H16ClN3O4S. The average molecular weight is 406 g/mol. The van der Waals surface area contributed by atoms with Crippen LogP contribution < -0.4 is 4.74 Å². The highest BCUT2D eigenvalue weighted by Crippen LogP contribution is 2.22. The highest BCUT2D eigenvalue weighted by Gasteiger charge is 2.24. The molecule has 0 saturated carbocycles. The van der Waals surface area contributed by atoms with Gasteiger partial charge in [0, 0.05) is 29.5 Å². The number of carbonyl (C=O) groups excluding carboxylic acids is 1. The molecule has 9 heteroatoms. The minimum atomic E-state index is -0.425. The summed E-state index contributed by atoms with van der Waals surface area (Å²) in [4.78, 5) is 28.8. The molecule has 0 fully saturated rings. The molecule has 7 nitrogen and oxygen atoms in total. The van der Waals surface area contributed by atoms with E-state index in [4.69, 9.17) is 16.3 Å². The first-order valence-electron chi connectivity index (χ1n) is 8.12. The lowest BCUT2D eigenvalue weighted by atomic mass is 10.2. The Morgan fingerprint density at radius 2 is 2.07 bits per heavy atom. The van der Waals surface area contributed by atoms with E-state index in [1.54, 1.807) is 35.2 Å². The smallest absolute Gasteiger partial charge is 0.269 e. The number of rotatable bonds is 6. The first-order chi connectivity index (χ1) is 13.0. The molecule has 1 aliphatic rings. The maximum atomic E-state index is 12.4. The molecule has 0 atom stereocenters. The quantitative estimate of drug-likeness (QED) is 0.539. The molecule has 1 amide bonds. The van der Waals surface area contributed by atoms with Crippen LogP contribution in [-0.2, 0) is 10.5 Å².